The maximum absolute atomic E-state index is 10.9. The number of non-ortho nitro benzene ring substituents is 1. The van der Waals surface area contributed by atoms with Gasteiger partial charge in [-0.2, -0.15) is 0 Å². The Bertz CT molecular complexity index is 440. The van der Waals surface area contributed by atoms with Crippen LogP contribution >= 0.6 is 0 Å². The molecule has 0 spiro atoms. The Balaban J connectivity index is 2.16. The van der Waals surface area contributed by atoms with E-state index in [1.165, 1.54) is 0 Å². The summed E-state index contributed by atoms with van der Waals surface area (Å²) in [5.41, 5.74) is 7.73. The molecule has 2 N–H and O–H groups in total. The van der Waals surface area contributed by atoms with Crippen molar-refractivity contribution in [1.82, 2.24) is 0 Å². The van der Waals surface area contributed by atoms with Crippen LogP contribution in [0.15, 0.2) is 18.2 Å². The molecule has 0 saturated carbocycles. The zero-order valence-corrected chi connectivity index (χ0v) is 10.6. The Morgan fingerprint density at radius 2 is 2.06 bits per heavy atom. The van der Waals surface area contributed by atoms with E-state index in [4.69, 9.17) is 5.73 Å². The molecule has 0 unspecified atom stereocenters. The highest BCUT2D eigenvalue weighted by atomic mass is 16.6. The molecule has 5 heteroatoms. The first-order chi connectivity index (χ1) is 8.60. The molecule has 1 aliphatic heterocycles. The highest BCUT2D eigenvalue weighted by molar-refractivity contribution is 5.55. The fourth-order valence-corrected chi connectivity index (χ4v) is 2.46. The van der Waals surface area contributed by atoms with E-state index in [9.17, 15) is 10.1 Å². The van der Waals surface area contributed by atoms with Crippen molar-refractivity contribution in [3.8, 4) is 0 Å². The van der Waals surface area contributed by atoms with E-state index in [0.717, 1.165) is 43.7 Å². The molecule has 0 aromatic heterocycles. The van der Waals surface area contributed by atoms with Crippen LogP contribution in [-0.4, -0.2) is 24.6 Å². The number of nitrogens with zero attached hydrogens (tertiary/aromatic N) is 2. The predicted molar refractivity (Wildman–Crippen MR) is 71.8 cm³/mol. The van der Waals surface area contributed by atoms with Crippen molar-refractivity contribution in [1.29, 1.82) is 0 Å². The van der Waals surface area contributed by atoms with E-state index in [-0.39, 0.29) is 10.6 Å². The molecule has 5 nitrogen and oxygen atoms in total. The zero-order chi connectivity index (χ0) is 13.1. The minimum absolute atomic E-state index is 0.172. The summed E-state index contributed by atoms with van der Waals surface area (Å²) in [6.45, 7) is 4.50. The number of aryl methyl sites for hydroxylation is 1. The predicted octanol–water partition coefficient (Wildman–Crippen LogP) is 2.08. The van der Waals surface area contributed by atoms with Gasteiger partial charge in [-0.15, -0.1) is 0 Å². The average Bonchev–Trinajstić information content (AvgIpc) is 2.38. The number of nitrogens with two attached hydrogens (primary N) is 1. The third kappa shape index (κ3) is 2.79. The summed E-state index contributed by atoms with van der Waals surface area (Å²) in [5, 5.41) is 10.9. The number of nitro benzene ring substituents is 1. The van der Waals surface area contributed by atoms with Gasteiger partial charge in [0.2, 0.25) is 0 Å². The average molecular weight is 249 g/mol. The van der Waals surface area contributed by atoms with Gasteiger partial charge in [-0.3, -0.25) is 10.1 Å². The summed E-state index contributed by atoms with van der Waals surface area (Å²) in [5.74, 6) is 0.598. The second kappa shape index (κ2) is 5.35. The molecule has 1 aromatic carbocycles. The van der Waals surface area contributed by atoms with Crippen LogP contribution in [0.3, 0.4) is 0 Å². The van der Waals surface area contributed by atoms with Crippen molar-refractivity contribution in [2.45, 2.75) is 19.8 Å². The van der Waals surface area contributed by atoms with Crippen LogP contribution in [0, 0.1) is 23.0 Å². The minimum atomic E-state index is -0.330. The summed E-state index contributed by atoms with van der Waals surface area (Å²) in [6, 6.07) is 5.28. The van der Waals surface area contributed by atoms with Crippen molar-refractivity contribution in [2.24, 2.45) is 11.7 Å². The highest BCUT2D eigenvalue weighted by Crippen LogP contribution is 2.27. The molecule has 18 heavy (non-hydrogen) atoms. The van der Waals surface area contributed by atoms with E-state index in [1.54, 1.807) is 12.1 Å². The Morgan fingerprint density at radius 1 is 1.39 bits per heavy atom. The lowest BCUT2D eigenvalue weighted by Gasteiger charge is -2.33. The van der Waals surface area contributed by atoms with Crippen LogP contribution in [0.1, 0.15) is 18.4 Å². The maximum Gasteiger partial charge on any atom is 0.271 e. The van der Waals surface area contributed by atoms with Crippen LogP contribution in [0.4, 0.5) is 11.4 Å². The maximum atomic E-state index is 10.9. The van der Waals surface area contributed by atoms with Gasteiger partial charge in [0.25, 0.3) is 5.69 Å². The molecular weight excluding hydrogens is 230 g/mol. The molecular formula is C13H19N3O2. The van der Waals surface area contributed by atoms with Crippen molar-refractivity contribution < 1.29 is 4.92 Å². The summed E-state index contributed by atoms with van der Waals surface area (Å²) < 4.78 is 0. The lowest BCUT2D eigenvalue weighted by Crippen LogP contribution is -2.36. The molecule has 1 heterocycles. The Labute approximate surface area is 107 Å². The molecule has 1 aromatic rings. The molecule has 1 fully saturated rings. The molecule has 0 bridgehead atoms. The van der Waals surface area contributed by atoms with E-state index < -0.39 is 0 Å². The largest absolute Gasteiger partial charge is 0.371 e. The second-order valence-electron chi connectivity index (χ2n) is 4.95. The lowest BCUT2D eigenvalue weighted by molar-refractivity contribution is -0.384. The first-order valence-corrected chi connectivity index (χ1v) is 6.31. The minimum Gasteiger partial charge on any atom is -0.371 e. The highest BCUT2D eigenvalue weighted by Gasteiger charge is 2.20. The number of hydrogen-bond acceptors (Lipinski definition) is 4. The van der Waals surface area contributed by atoms with Crippen molar-refractivity contribution in [3.05, 3.63) is 33.9 Å². The number of benzene rings is 1. The molecule has 2 rings (SSSR count). The topological polar surface area (TPSA) is 72.4 Å². The Morgan fingerprint density at radius 3 is 2.61 bits per heavy atom. The van der Waals surface area contributed by atoms with Crippen LogP contribution in [0.25, 0.3) is 0 Å². The van der Waals surface area contributed by atoms with Gasteiger partial charge >= 0.3 is 0 Å². The third-order valence-electron chi connectivity index (χ3n) is 3.57. The van der Waals surface area contributed by atoms with Gasteiger partial charge in [0, 0.05) is 30.9 Å². The molecule has 0 amide bonds. The van der Waals surface area contributed by atoms with Crippen molar-refractivity contribution in [2.75, 3.05) is 24.5 Å². The summed E-state index contributed by atoms with van der Waals surface area (Å²) in [4.78, 5) is 12.7. The molecule has 1 saturated heterocycles. The molecule has 0 radical (unpaired) electrons. The molecule has 98 valence electrons. The molecule has 0 atom stereocenters. The van der Waals surface area contributed by atoms with Gasteiger partial charge in [-0.25, -0.2) is 0 Å². The smallest absolute Gasteiger partial charge is 0.271 e. The van der Waals surface area contributed by atoms with E-state index in [1.807, 2.05) is 13.0 Å². The first-order valence-electron chi connectivity index (χ1n) is 6.31. The van der Waals surface area contributed by atoms with Gasteiger partial charge in [-0.1, -0.05) is 0 Å². The summed E-state index contributed by atoms with van der Waals surface area (Å²) in [6.07, 6.45) is 2.14. The van der Waals surface area contributed by atoms with Gasteiger partial charge in [0.1, 0.15) is 0 Å². The summed E-state index contributed by atoms with van der Waals surface area (Å²) >= 11 is 0. The first kappa shape index (κ1) is 12.8. The third-order valence-corrected chi connectivity index (χ3v) is 3.57. The standard InChI is InChI=1S/C13H19N3O2/c1-10-6-12(8-13(7-10)16(17)18)15-4-2-11(9-14)3-5-15/h6-8,11H,2-5,9,14H2,1H3. The number of hydrogen-bond donors (Lipinski definition) is 1. The lowest BCUT2D eigenvalue weighted by atomic mass is 9.96. The SMILES string of the molecule is Cc1cc(N2CCC(CN)CC2)cc([N+](=O)[O-])c1. The van der Waals surface area contributed by atoms with Crippen molar-refractivity contribution in [3.63, 3.8) is 0 Å². The number of rotatable bonds is 3. The molecule has 1 aliphatic rings. The van der Waals surface area contributed by atoms with E-state index >= 15 is 0 Å². The van der Waals surface area contributed by atoms with Gasteiger partial charge in [0.05, 0.1) is 4.92 Å². The Hall–Kier alpha value is -1.62. The van der Waals surface area contributed by atoms with Gasteiger partial charge < -0.3 is 10.6 Å². The van der Waals surface area contributed by atoms with E-state index in [0.29, 0.717) is 5.92 Å². The summed E-state index contributed by atoms with van der Waals surface area (Å²) in [7, 11) is 0. The fourth-order valence-electron chi connectivity index (χ4n) is 2.46. The van der Waals surface area contributed by atoms with Crippen LogP contribution in [0.5, 0.6) is 0 Å². The second-order valence-corrected chi connectivity index (χ2v) is 4.95. The van der Waals surface area contributed by atoms with Crippen molar-refractivity contribution >= 4 is 11.4 Å². The van der Waals surface area contributed by atoms with Crippen LogP contribution < -0.4 is 10.6 Å². The fraction of sp³-hybridized carbons (Fsp3) is 0.538. The number of nitro groups is 1. The normalized spacial score (nSPS) is 16.9. The Kier molecular flexibility index (Phi) is 3.81. The number of anilines is 1. The van der Waals surface area contributed by atoms with Crippen LogP contribution in [0.2, 0.25) is 0 Å². The monoisotopic (exact) mass is 249 g/mol. The number of piperidine rings is 1. The van der Waals surface area contributed by atoms with Gasteiger partial charge in [0.15, 0.2) is 0 Å². The zero-order valence-electron chi connectivity index (χ0n) is 10.6. The van der Waals surface area contributed by atoms with Gasteiger partial charge in [-0.05, 0) is 43.9 Å². The van der Waals surface area contributed by atoms with Crippen LogP contribution in [-0.2, 0) is 0 Å². The van der Waals surface area contributed by atoms with E-state index in [2.05, 4.69) is 4.90 Å². The quantitative estimate of drug-likeness (QED) is 0.657. The molecule has 0 aliphatic carbocycles.